The van der Waals surface area contributed by atoms with E-state index in [-0.39, 0.29) is 6.61 Å². The van der Waals surface area contributed by atoms with Gasteiger partial charge in [0.2, 0.25) is 0 Å². The standard InChI is InChI=1S/C22H44O4/c1-3-4-5-6-7-8-9-10-11-12-13-14-15-16-17-18-19-26-20-21(23)22(24)25-2/h21,23H,3-20H2,1-2H3. The van der Waals surface area contributed by atoms with Gasteiger partial charge in [0.15, 0.2) is 6.10 Å². The van der Waals surface area contributed by atoms with E-state index in [4.69, 9.17) is 4.74 Å². The number of esters is 1. The van der Waals surface area contributed by atoms with Crippen LogP contribution in [0.1, 0.15) is 110 Å². The molecule has 0 radical (unpaired) electrons. The maximum Gasteiger partial charge on any atom is 0.337 e. The predicted octanol–water partition coefficient (Wildman–Crippen LogP) is 5.80. The van der Waals surface area contributed by atoms with Gasteiger partial charge in [-0.05, 0) is 6.42 Å². The molecule has 1 atom stereocenters. The van der Waals surface area contributed by atoms with Crippen molar-refractivity contribution in [3.63, 3.8) is 0 Å². The van der Waals surface area contributed by atoms with Crippen molar-refractivity contribution >= 4 is 5.97 Å². The van der Waals surface area contributed by atoms with E-state index in [1.807, 2.05) is 0 Å². The minimum atomic E-state index is -1.15. The Kier molecular flexibility index (Phi) is 20.2. The number of unbranched alkanes of at least 4 members (excludes halogenated alkanes) is 15. The van der Waals surface area contributed by atoms with Gasteiger partial charge in [-0.25, -0.2) is 4.79 Å². The van der Waals surface area contributed by atoms with Crippen LogP contribution in [0, 0.1) is 0 Å². The smallest absolute Gasteiger partial charge is 0.337 e. The Labute approximate surface area is 162 Å². The zero-order valence-corrected chi connectivity index (χ0v) is 17.5. The van der Waals surface area contributed by atoms with E-state index >= 15 is 0 Å². The van der Waals surface area contributed by atoms with E-state index in [0.29, 0.717) is 6.61 Å². The number of carbonyl (C=O) groups is 1. The summed E-state index contributed by atoms with van der Waals surface area (Å²) >= 11 is 0. The maximum atomic E-state index is 11.0. The van der Waals surface area contributed by atoms with Gasteiger partial charge in [-0.15, -0.1) is 0 Å². The number of rotatable bonds is 20. The lowest BCUT2D eigenvalue weighted by Crippen LogP contribution is -2.27. The molecule has 26 heavy (non-hydrogen) atoms. The Morgan fingerprint density at radius 3 is 1.50 bits per heavy atom. The summed E-state index contributed by atoms with van der Waals surface area (Å²) in [6, 6.07) is 0. The zero-order valence-electron chi connectivity index (χ0n) is 17.5. The first kappa shape index (κ1) is 25.4. The SMILES string of the molecule is CCCCCCCCCCCCCCCCCCOCC(O)C(=O)OC. The van der Waals surface area contributed by atoms with Crippen molar-refractivity contribution in [1.29, 1.82) is 0 Å². The summed E-state index contributed by atoms with van der Waals surface area (Å²) in [4.78, 5) is 11.0. The van der Waals surface area contributed by atoms with Gasteiger partial charge in [-0.2, -0.15) is 0 Å². The first-order valence-electron chi connectivity index (χ1n) is 11.1. The summed E-state index contributed by atoms with van der Waals surface area (Å²) in [5.74, 6) is -0.628. The van der Waals surface area contributed by atoms with Crippen LogP contribution in [0.15, 0.2) is 0 Å². The van der Waals surface area contributed by atoms with Crippen molar-refractivity contribution in [2.45, 2.75) is 116 Å². The highest BCUT2D eigenvalue weighted by Crippen LogP contribution is 2.13. The first-order chi connectivity index (χ1) is 12.7. The van der Waals surface area contributed by atoms with E-state index < -0.39 is 12.1 Å². The van der Waals surface area contributed by atoms with Crippen LogP contribution < -0.4 is 0 Å². The molecular weight excluding hydrogens is 328 g/mol. The first-order valence-corrected chi connectivity index (χ1v) is 11.1. The molecule has 0 aromatic rings. The molecule has 0 aromatic heterocycles. The second kappa shape index (κ2) is 20.7. The third-order valence-electron chi connectivity index (χ3n) is 4.89. The van der Waals surface area contributed by atoms with Crippen LogP contribution in [0.4, 0.5) is 0 Å². The molecule has 4 nitrogen and oxygen atoms in total. The van der Waals surface area contributed by atoms with Crippen LogP contribution in [-0.2, 0) is 14.3 Å². The Balaban J connectivity index is 3.08. The fourth-order valence-corrected chi connectivity index (χ4v) is 3.15. The molecule has 0 rings (SSSR count). The Hall–Kier alpha value is -0.610. The number of aliphatic hydroxyl groups excluding tert-OH is 1. The summed E-state index contributed by atoms with van der Waals surface area (Å²) in [7, 11) is 1.27. The molecule has 0 aromatic carbocycles. The van der Waals surface area contributed by atoms with Crippen LogP contribution in [0.5, 0.6) is 0 Å². The fraction of sp³-hybridized carbons (Fsp3) is 0.955. The monoisotopic (exact) mass is 372 g/mol. The molecule has 156 valence electrons. The van der Waals surface area contributed by atoms with Crippen molar-refractivity contribution in [2.75, 3.05) is 20.3 Å². The average molecular weight is 373 g/mol. The second-order valence-corrected chi connectivity index (χ2v) is 7.42. The highest BCUT2D eigenvalue weighted by atomic mass is 16.5. The Morgan fingerprint density at radius 2 is 1.12 bits per heavy atom. The summed E-state index contributed by atoms with van der Waals surface area (Å²) in [6.45, 7) is 2.91. The summed E-state index contributed by atoms with van der Waals surface area (Å²) in [6.07, 6.45) is 20.4. The largest absolute Gasteiger partial charge is 0.467 e. The molecule has 0 saturated carbocycles. The lowest BCUT2D eigenvalue weighted by molar-refractivity contribution is -0.153. The number of aliphatic hydroxyl groups is 1. The van der Waals surface area contributed by atoms with Gasteiger partial charge in [-0.1, -0.05) is 103 Å². The number of ether oxygens (including phenoxy) is 2. The lowest BCUT2D eigenvalue weighted by Gasteiger charge is -2.08. The van der Waals surface area contributed by atoms with Crippen LogP contribution in [0.25, 0.3) is 0 Å². The average Bonchev–Trinajstić information content (AvgIpc) is 2.66. The van der Waals surface area contributed by atoms with E-state index in [9.17, 15) is 9.90 Å². The lowest BCUT2D eigenvalue weighted by atomic mass is 10.0. The molecule has 0 spiro atoms. The number of methoxy groups -OCH3 is 1. The van der Waals surface area contributed by atoms with Crippen LogP contribution in [0.3, 0.4) is 0 Å². The zero-order chi connectivity index (χ0) is 19.3. The third kappa shape index (κ3) is 18.2. The van der Waals surface area contributed by atoms with Crippen LogP contribution in [-0.4, -0.2) is 37.5 Å². The molecule has 0 aliphatic carbocycles. The van der Waals surface area contributed by atoms with Crippen molar-refractivity contribution in [3.8, 4) is 0 Å². The molecule has 0 bridgehead atoms. The second-order valence-electron chi connectivity index (χ2n) is 7.42. The van der Waals surface area contributed by atoms with Crippen LogP contribution in [0.2, 0.25) is 0 Å². The van der Waals surface area contributed by atoms with Gasteiger partial charge in [0.25, 0.3) is 0 Å². The van der Waals surface area contributed by atoms with Crippen molar-refractivity contribution in [2.24, 2.45) is 0 Å². The number of hydrogen-bond acceptors (Lipinski definition) is 4. The minimum absolute atomic E-state index is 0.0331. The maximum absolute atomic E-state index is 11.0. The van der Waals surface area contributed by atoms with E-state index in [1.54, 1.807) is 0 Å². The summed E-state index contributed by atoms with van der Waals surface area (Å²) in [5, 5.41) is 9.35. The molecule has 0 heterocycles. The van der Waals surface area contributed by atoms with E-state index in [0.717, 1.165) is 12.8 Å². The van der Waals surface area contributed by atoms with Gasteiger partial charge in [0.1, 0.15) is 0 Å². The van der Waals surface area contributed by atoms with Gasteiger partial charge in [0.05, 0.1) is 13.7 Å². The Morgan fingerprint density at radius 1 is 0.731 bits per heavy atom. The number of carbonyl (C=O) groups excluding carboxylic acids is 1. The number of hydrogen-bond donors (Lipinski definition) is 1. The highest BCUT2D eigenvalue weighted by molar-refractivity contribution is 5.74. The van der Waals surface area contributed by atoms with Gasteiger partial charge >= 0.3 is 5.97 Å². The molecule has 0 aliphatic heterocycles. The molecule has 0 saturated heterocycles. The fourth-order valence-electron chi connectivity index (χ4n) is 3.15. The molecule has 0 amide bonds. The highest BCUT2D eigenvalue weighted by Gasteiger charge is 2.14. The molecule has 1 N–H and O–H groups in total. The van der Waals surface area contributed by atoms with E-state index in [2.05, 4.69) is 11.7 Å². The van der Waals surface area contributed by atoms with Crippen molar-refractivity contribution in [3.05, 3.63) is 0 Å². The predicted molar refractivity (Wildman–Crippen MR) is 108 cm³/mol. The quantitative estimate of drug-likeness (QED) is 0.217. The molecular formula is C22H44O4. The molecule has 0 aliphatic rings. The Bertz CT molecular complexity index is 294. The van der Waals surface area contributed by atoms with Crippen molar-refractivity contribution < 1.29 is 19.4 Å². The topological polar surface area (TPSA) is 55.8 Å². The summed E-state index contributed by atoms with van der Waals surface area (Å²) in [5.41, 5.74) is 0. The van der Waals surface area contributed by atoms with Gasteiger partial charge in [-0.3, -0.25) is 0 Å². The minimum Gasteiger partial charge on any atom is -0.467 e. The van der Waals surface area contributed by atoms with Crippen molar-refractivity contribution in [1.82, 2.24) is 0 Å². The normalized spacial score (nSPS) is 12.3. The molecule has 4 heteroatoms. The van der Waals surface area contributed by atoms with Gasteiger partial charge < -0.3 is 14.6 Å². The van der Waals surface area contributed by atoms with Gasteiger partial charge in [0, 0.05) is 6.61 Å². The third-order valence-corrected chi connectivity index (χ3v) is 4.89. The van der Waals surface area contributed by atoms with Crippen LogP contribution >= 0.6 is 0 Å². The molecule has 1 unspecified atom stereocenters. The molecule has 0 fully saturated rings. The summed E-state index contributed by atoms with van der Waals surface area (Å²) < 4.78 is 9.72. The van der Waals surface area contributed by atoms with E-state index in [1.165, 1.54) is 97.0 Å².